The molecular weight excluding hydrogens is 1000 g/mol. The van der Waals surface area contributed by atoms with Crippen LogP contribution in [0.3, 0.4) is 0 Å². The van der Waals surface area contributed by atoms with E-state index in [1.807, 2.05) is 170 Å². The van der Waals surface area contributed by atoms with Crippen molar-refractivity contribution < 1.29 is 28.7 Å². The van der Waals surface area contributed by atoms with Gasteiger partial charge in [0.15, 0.2) is 0 Å². The summed E-state index contributed by atoms with van der Waals surface area (Å²) in [7, 11) is 2.73. The highest BCUT2D eigenvalue weighted by molar-refractivity contribution is 14.1. The minimum Gasteiger partial charge on any atom is -0.467 e. The fourth-order valence-electron chi connectivity index (χ4n) is 8.69. The van der Waals surface area contributed by atoms with Gasteiger partial charge in [0.2, 0.25) is 11.8 Å². The molecule has 0 N–H and O–H groups in total. The van der Waals surface area contributed by atoms with Gasteiger partial charge in [-0.1, -0.05) is 170 Å². The van der Waals surface area contributed by atoms with E-state index in [-0.39, 0.29) is 11.8 Å². The first-order valence-corrected chi connectivity index (χ1v) is 24.9. The summed E-state index contributed by atoms with van der Waals surface area (Å²) in [6.45, 7) is 4.57. The average Bonchev–Trinajstić information content (AvgIpc) is 3.43. The number of hydrogen-bond donors (Lipinski definition) is 0. The third-order valence-corrected chi connectivity index (χ3v) is 13.1. The van der Waals surface area contributed by atoms with Gasteiger partial charge in [-0.15, -0.1) is 12.3 Å². The molecule has 364 valence electrons. The molecule has 2 saturated heterocycles. The number of hydrogen-bond acceptors (Lipinski definition) is 8. The van der Waals surface area contributed by atoms with Crippen LogP contribution in [0.4, 0.5) is 0 Å². The second kappa shape index (κ2) is 28.6. The second-order valence-electron chi connectivity index (χ2n) is 16.9. The molecule has 2 aliphatic rings. The number of esters is 2. The predicted molar refractivity (Wildman–Crippen MR) is 288 cm³/mol. The fourth-order valence-corrected chi connectivity index (χ4v) is 9.11. The quantitative estimate of drug-likeness (QED) is 0.0682. The van der Waals surface area contributed by atoms with Crippen LogP contribution in [0.2, 0.25) is 0 Å². The summed E-state index contributed by atoms with van der Waals surface area (Å²) in [5.74, 6) is 7.11. The van der Waals surface area contributed by atoms with Crippen LogP contribution in [0.1, 0.15) is 52.5 Å². The first-order valence-electron chi connectivity index (χ1n) is 23.8. The van der Waals surface area contributed by atoms with E-state index < -0.39 is 35.9 Å². The molecule has 71 heavy (non-hydrogen) atoms. The number of halogens is 1. The first-order chi connectivity index (χ1) is 34.7. The molecule has 10 nitrogen and oxygen atoms in total. The number of rotatable bonds is 12. The lowest BCUT2D eigenvalue weighted by Gasteiger charge is -2.41. The third kappa shape index (κ3) is 15.7. The van der Waals surface area contributed by atoms with Crippen molar-refractivity contribution in [1.29, 1.82) is 0 Å². The summed E-state index contributed by atoms with van der Waals surface area (Å²) in [6, 6.07) is 57.6. The first kappa shape index (κ1) is 53.3. The van der Waals surface area contributed by atoms with E-state index in [0.717, 1.165) is 34.4 Å². The maximum Gasteiger partial charge on any atom is 0.329 e. The van der Waals surface area contributed by atoms with Crippen molar-refractivity contribution in [2.45, 2.75) is 36.8 Å². The van der Waals surface area contributed by atoms with Gasteiger partial charge in [0.1, 0.15) is 12.1 Å². The predicted octanol–water partition coefficient (Wildman–Crippen LogP) is 8.76. The van der Waals surface area contributed by atoms with Gasteiger partial charge in [0.05, 0.1) is 26.1 Å². The summed E-state index contributed by atoms with van der Waals surface area (Å²) in [4.78, 5) is 60.6. The molecule has 0 saturated carbocycles. The van der Waals surface area contributed by atoms with Crippen molar-refractivity contribution >= 4 is 46.3 Å². The Labute approximate surface area is 433 Å². The zero-order valence-corrected chi connectivity index (χ0v) is 42.6. The molecule has 8 rings (SSSR count). The molecule has 2 heterocycles. The van der Waals surface area contributed by atoms with E-state index >= 15 is 0 Å². The zero-order valence-electron chi connectivity index (χ0n) is 40.4. The van der Waals surface area contributed by atoms with Crippen molar-refractivity contribution in [3.8, 4) is 24.2 Å². The molecule has 0 aliphatic carbocycles. The van der Waals surface area contributed by atoms with Gasteiger partial charge in [-0.05, 0) is 69.1 Å². The minimum absolute atomic E-state index is 0.0821. The van der Waals surface area contributed by atoms with E-state index in [4.69, 9.17) is 15.9 Å². The SMILES string of the molecule is C#CCCN1CCN(C(=O)C(c2ccccc2)c2ccccc2)[C@H](C(=O)OC)C1.COC(=O)[C@@H]1CN(CCC#Cc2ccccc2)CCN1C(=O)C(c1ccccc1)c1ccccc1.Ic1ccccc1. The summed E-state index contributed by atoms with van der Waals surface area (Å²) in [5.41, 5.74) is 4.62. The third-order valence-electron chi connectivity index (χ3n) is 12.3. The van der Waals surface area contributed by atoms with Crippen LogP contribution in [0.25, 0.3) is 0 Å². The van der Waals surface area contributed by atoms with Crippen LogP contribution >= 0.6 is 22.6 Å². The summed E-state index contributed by atoms with van der Waals surface area (Å²) in [6.07, 6.45) is 6.68. The Bertz CT molecular complexity index is 2600. The lowest BCUT2D eigenvalue weighted by molar-refractivity contribution is -0.156. The van der Waals surface area contributed by atoms with E-state index in [1.165, 1.54) is 17.8 Å². The summed E-state index contributed by atoms with van der Waals surface area (Å²) in [5, 5.41) is 0. The Morgan fingerprint density at radius 1 is 0.521 bits per heavy atom. The van der Waals surface area contributed by atoms with Gasteiger partial charge in [0, 0.05) is 74.3 Å². The molecule has 2 amide bonds. The molecule has 0 radical (unpaired) electrons. The van der Waals surface area contributed by atoms with Crippen molar-refractivity contribution in [2.24, 2.45) is 0 Å². The molecule has 0 aromatic heterocycles. The Morgan fingerprint density at radius 3 is 1.18 bits per heavy atom. The van der Waals surface area contributed by atoms with Crippen LogP contribution in [0.15, 0.2) is 182 Å². The van der Waals surface area contributed by atoms with Crippen LogP contribution < -0.4 is 0 Å². The fraction of sp³-hybridized carbons (Fsp3) is 0.267. The zero-order chi connectivity index (χ0) is 50.2. The molecule has 2 fully saturated rings. The average molecular weight is 1060 g/mol. The van der Waals surface area contributed by atoms with Crippen molar-refractivity contribution in [3.63, 3.8) is 0 Å². The van der Waals surface area contributed by atoms with E-state index in [1.54, 1.807) is 9.80 Å². The number of carbonyl (C=O) groups excluding carboxylic acids is 4. The number of benzene rings is 6. The summed E-state index contributed by atoms with van der Waals surface area (Å²) >= 11 is 2.28. The molecule has 6 aromatic rings. The molecule has 2 aliphatic heterocycles. The molecule has 6 aromatic carbocycles. The Morgan fingerprint density at radius 2 is 0.859 bits per heavy atom. The van der Waals surface area contributed by atoms with Gasteiger partial charge in [0.25, 0.3) is 0 Å². The Hall–Kier alpha value is -7.03. The lowest BCUT2D eigenvalue weighted by Crippen LogP contribution is -2.59. The summed E-state index contributed by atoms with van der Waals surface area (Å²) < 4.78 is 11.4. The van der Waals surface area contributed by atoms with Crippen LogP contribution in [-0.2, 0) is 28.7 Å². The van der Waals surface area contributed by atoms with E-state index in [0.29, 0.717) is 58.7 Å². The monoisotopic (exact) mass is 1060 g/mol. The molecule has 11 heteroatoms. The topological polar surface area (TPSA) is 99.7 Å². The largest absolute Gasteiger partial charge is 0.467 e. The van der Waals surface area contributed by atoms with Crippen molar-refractivity contribution in [1.82, 2.24) is 19.6 Å². The van der Waals surface area contributed by atoms with Gasteiger partial charge < -0.3 is 19.3 Å². The molecular formula is C60H61IN4O6. The second-order valence-corrected chi connectivity index (χ2v) is 18.2. The van der Waals surface area contributed by atoms with Crippen LogP contribution in [-0.4, -0.2) is 122 Å². The molecule has 0 spiro atoms. The number of piperazine rings is 2. The molecule has 0 unspecified atom stereocenters. The normalized spacial score (nSPS) is 15.6. The van der Waals surface area contributed by atoms with Gasteiger partial charge in [-0.2, -0.15) is 0 Å². The van der Waals surface area contributed by atoms with Crippen molar-refractivity contribution in [2.75, 3.05) is 66.6 Å². The van der Waals surface area contributed by atoms with Gasteiger partial charge in [-0.25, -0.2) is 9.59 Å². The van der Waals surface area contributed by atoms with Crippen LogP contribution in [0, 0.1) is 27.8 Å². The number of methoxy groups -OCH3 is 2. The number of terminal acetylenes is 1. The number of ether oxygens (including phenoxy) is 2. The van der Waals surface area contributed by atoms with E-state index in [9.17, 15) is 19.2 Å². The maximum absolute atomic E-state index is 13.9. The Balaban J connectivity index is 0.000000207. The highest BCUT2D eigenvalue weighted by Crippen LogP contribution is 2.31. The Kier molecular flexibility index (Phi) is 21.5. The van der Waals surface area contributed by atoms with Crippen LogP contribution in [0.5, 0.6) is 0 Å². The van der Waals surface area contributed by atoms with Crippen molar-refractivity contribution in [3.05, 3.63) is 213 Å². The molecule has 2 atom stereocenters. The van der Waals surface area contributed by atoms with Gasteiger partial charge in [-0.3, -0.25) is 19.4 Å². The highest BCUT2D eigenvalue weighted by atomic mass is 127. The smallest absolute Gasteiger partial charge is 0.329 e. The van der Waals surface area contributed by atoms with E-state index in [2.05, 4.69) is 62.3 Å². The number of nitrogens with zero attached hydrogens (tertiary/aromatic N) is 4. The maximum atomic E-state index is 13.9. The lowest BCUT2D eigenvalue weighted by atomic mass is 9.89. The highest BCUT2D eigenvalue weighted by Gasteiger charge is 2.41. The number of amides is 2. The van der Waals surface area contributed by atoms with Gasteiger partial charge >= 0.3 is 11.9 Å². The number of carbonyl (C=O) groups is 4. The molecule has 0 bridgehead atoms. The standard InChI is InChI=1S/C30H30N2O3.C24H26N2O3.C6H5I/c1-35-30(34)27-23-31(20-12-11-15-24-13-5-2-6-14-24)21-22-32(27)29(33)28(25-16-7-3-8-17-25)26-18-9-4-10-19-26;1-3-4-15-25-16-17-26(21(18-25)24(28)29-2)23(27)22(19-11-7-5-8-12-19)20-13-9-6-10-14-20;7-6-4-2-1-3-5-6/h2-10,13-14,16-19,27-28H,12,20-23H2,1H3;1,5-14,21-22H,4,15-18H2,2H3;1-5H/t27-;21-;/m00./s1. The minimum atomic E-state index is -0.654.